The minimum absolute atomic E-state index is 0.00817. The highest BCUT2D eigenvalue weighted by Gasteiger charge is 2.13. The van der Waals surface area contributed by atoms with E-state index < -0.39 is 0 Å². The van der Waals surface area contributed by atoms with Gasteiger partial charge in [-0.1, -0.05) is 11.6 Å². The van der Waals surface area contributed by atoms with Crippen molar-refractivity contribution in [1.82, 2.24) is 10.2 Å². The summed E-state index contributed by atoms with van der Waals surface area (Å²) in [6, 6.07) is 5.07. The van der Waals surface area contributed by atoms with E-state index in [1.165, 1.54) is 0 Å². The molecule has 18 heavy (non-hydrogen) atoms. The molecule has 0 saturated carbocycles. The van der Waals surface area contributed by atoms with Gasteiger partial charge in [-0.05, 0) is 47.7 Å². The third-order valence-corrected chi connectivity index (χ3v) is 3.65. The van der Waals surface area contributed by atoms with Gasteiger partial charge >= 0.3 is 0 Å². The largest absolute Gasteiger partial charge is 0.345 e. The number of hydrogen-bond donors (Lipinski definition) is 1. The van der Waals surface area contributed by atoms with Crippen LogP contribution in [-0.4, -0.2) is 36.9 Å². The molecule has 0 atom stereocenters. The van der Waals surface area contributed by atoms with Gasteiger partial charge in [0, 0.05) is 22.2 Å². The van der Waals surface area contributed by atoms with E-state index in [1.807, 2.05) is 6.92 Å². The van der Waals surface area contributed by atoms with Gasteiger partial charge in [-0.15, -0.1) is 0 Å². The second-order valence-corrected chi connectivity index (χ2v) is 5.31. The minimum atomic E-state index is -0.292. The van der Waals surface area contributed by atoms with Crippen LogP contribution in [0, 0.1) is 3.57 Å². The van der Waals surface area contributed by atoms with Crippen molar-refractivity contribution in [3.63, 3.8) is 0 Å². The Bertz CT molecular complexity index is 465. The van der Waals surface area contributed by atoms with Crippen LogP contribution in [0.25, 0.3) is 0 Å². The maximum Gasteiger partial charge on any atom is 0.252 e. The lowest BCUT2D eigenvalue weighted by Crippen LogP contribution is -2.38. The second-order valence-electron chi connectivity index (χ2n) is 3.71. The van der Waals surface area contributed by atoms with Crippen molar-refractivity contribution in [3.05, 3.63) is 32.4 Å². The summed E-state index contributed by atoms with van der Waals surface area (Å²) in [5.74, 6) is -0.414. The molecule has 2 amide bonds. The minimum Gasteiger partial charge on any atom is -0.345 e. The Morgan fingerprint density at radius 3 is 2.72 bits per heavy atom. The molecule has 1 aromatic rings. The Labute approximate surface area is 125 Å². The first-order chi connectivity index (χ1) is 8.45. The van der Waals surface area contributed by atoms with E-state index in [0.29, 0.717) is 17.1 Å². The molecule has 0 unspecified atom stereocenters. The SMILES string of the molecule is CCN(C)C(=O)CNC(=O)c1cc(Cl)ccc1I. The molecule has 0 spiro atoms. The number of benzene rings is 1. The molecule has 0 radical (unpaired) electrons. The Balaban J connectivity index is 2.66. The van der Waals surface area contributed by atoms with E-state index >= 15 is 0 Å². The monoisotopic (exact) mass is 380 g/mol. The van der Waals surface area contributed by atoms with Gasteiger partial charge in [0.15, 0.2) is 0 Å². The van der Waals surface area contributed by atoms with Crippen molar-refractivity contribution >= 4 is 46.0 Å². The quantitative estimate of drug-likeness (QED) is 0.814. The smallest absolute Gasteiger partial charge is 0.252 e. The van der Waals surface area contributed by atoms with Gasteiger partial charge in [0.2, 0.25) is 5.91 Å². The van der Waals surface area contributed by atoms with E-state index in [1.54, 1.807) is 30.1 Å². The number of nitrogens with zero attached hydrogens (tertiary/aromatic N) is 1. The first-order valence-corrected chi connectivity index (χ1v) is 6.88. The maximum atomic E-state index is 11.9. The average Bonchev–Trinajstić information content (AvgIpc) is 2.37. The first kappa shape index (κ1) is 15.2. The van der Waals surface area contributed by atoms with Crippen molar-refractivity contribution in [2.45, 2.75) is 6.92 Å². The number of rotatable bonds is 4. The highest BCUT2D eigenvalue weighted by Crippen LogP contribution is 2.17. The molecule has 0 fully saturated rings. The molecule has 0 aliphatic heterocycles. The molecule has 0 aliphatic carbocycles. The summed E-state index contributed by atoms with van der Waals surface area (Å²) in [5, 5.41) is 3.09. The van der Waals surface area contributed by atoms with Crippen LogP contribution in [0.15, 0.2) is 18.2 Å². The van der Waals surface area contributed by atoms with E-state index in [4.69, 9.17) is 11.6 Å². The number of carbonyl (C=O) groups is 2. The molecular weight excluding hydrogens is 367 g/mol. The molecule has 6 heteroatoms. The highest BCUT2D eigenvalue weighted by molar-refractivity contribution is 14.1. The zero-order chi connectivity index (χ0) is 13.7. The lowest BCUT2D eigenvalue weighted by atomic mass is 10.2. The molecule has 0 saturated heterocycles. The number of hydrogen-bond acceptors (Lipinski definition) is 2. The predicted molar refractivity (Wildman–Crippen MR) is 79.8 cm³/mol. The van der Waals surface area contributed by atoms with E-state index in [9.17, 15) is 9.59 Å². The van der Waals surface area contributed by atoms with Gasteiger partial charge in [-0.2, -0.15) is 0 Å². The van der Waals surface area contributed by atoms with Crippen LogP contribution in [0.4, 0.5) is 0 Å². The number of nitrogens with one attached hydrogen (secondary N) is 1. The van der Waals surface area contributed by atoms with E-state index in [2.05, 4.69) is 27.9 Å². The fourth-order valence-corrected chi connectivity index (χ4v) is 1.99. The average molecular weight is 381 g/mol. The normalized spacial score (nSPS) is 10.0. The number of likely N-dealkylation sites (N-methyl/N-ethyl adjacent to an activating group) is 1. The Hall–Kier alpha value is -0.820. The molecule has 1 aromatic carbocycles. The molecule has 0 bridgehead atoms. The fourth-order valence-electron chi connectivity index (χ4n) is 1.23. The molecule has 1 N–H and O–H groups in total. The number of carbonyl (C=O) groups excluding carboxylic acids is 2. The highest BCUT2D eigenvalue weighted by atomic mass is 127. The van der Waals surface area contributed by atoms with Gasteiger partial charge in [0.05, 0.1) is 12.1 Å². The molecule has 1 rings (SSSR count). The standard InChI is InChI=1S/C12H14ClIN2O2/c1-3-16(2)11(17)7-15-12(18)9-6-8(13)4-5-10(9)14/h4-6H,3,7H2,1-2H3,(H,15,18). The summed E-state index contributed by atoms with van der Waals surface area (Å²) in [6.45, 7) is 2.48. The summed E-state index contributed by atoms with van der Waals surface area (Å²) in [6.07, 6.45) is 0. The van der Waals surface area contributed by atoms with Crippen LogP contribution in [0.1, 0.15) is 17.3 Å². The first-order valence-electron chi connectivity index (χ1n) is 5.43. The number of halogens is 2. The topological polar surface area (TPSA) is 49.4 Å². The molecule has 98 valence electrons. The lowest BCUT2D eigenvalue weighted by molar-refractivity contribution is -0.128. The van der Waals surface area contributed by atoms with Crippen LogP contribution in [0.2, 0.25) is 5.02 Å². The van der Waals surface area contributed by atoms with Crippen molar-refractivity contribution in [1.29, 1.82) is 0 Å². The summed E-state index contributed by atoms with van der Waals surface area (Å²) in [4.78, 5) is 25.0. The lowest BCUT2D eigenvalue weighted by Gasteiger charge is -2.15. The van der Waals surface area contributed by atoms with Crippen LogP contribution < -0.4 is 5.32 Å². The van der Waals surface area contributed by atoms with Crippen LogP contribution in [0.3, 0.4) is 0 Å². The van der Waals surface area contributed by atoms with Crippen LogP contribution in [-0.2, 0) is 4.79 Å². The Kier molecular flexibility index (Phi) is 5.87. The van der Waals surface area contributed by atoms with Gasteiger partial charge < -0.3 is 10.2 Å². The van der Waals surface area contributed by atoms with Crippen molar-refractivity contribution < 1.29 is 9.59 Å². The van der Waals surface area contributed by atoms with Gasteiger partial charge in [0.25, 0.3) is 5.91 Å². The Morgan fingerprint density at radius 1 is 1.44 bits per heavy atom. The van der Waals surface area contributed by atoms with Crippen LogP contribution in [0.5, 0.6) is 0 Å². The summed E-state index contributed by atoms with van der Waals surface area (Å²) >= 11 is 7.89. The second kappa shape index (κ2) is 6.94. The van der Waals surface area contributed by atoms with Crippen molar-refractivity contribution in [3.8, 4) is 0 Å². The van der Waals surface area contributed by atoms with E-state index in [0.717, 1.165) is 3.57 Å². The molecule has 0 aliphatic rings. The zero-order valence-electron chi connectivity index (χ0n) is 10.2. The van der Waals surface area contributed by atoms with Gasteiger partial charge in [-0.25, -0.2) is 0 Å². The molecule has 0 aromatic heterocycles. The summed E-state index contributed by atoms with van der Waals surface area (Å²) < 4.78 is 0.797. The van der Waals surface area contributed by atoms with Crippen molar-refractivity contribution in [2.24, 2.45) is 0 Å². The number of amides is 2. The Morgan fingerprint density at radius 2 is 2.11 bits per heavy atom. The summed E-state index contributed by atoms with van der Waals surface area (Å²) in [5.41, 5.74) is 0.482. The van der Waals surface area contributed by atoms with Gasteiger partial charge in [-0.3, -0.25) is 9.59 Å². The zero-order valence-corrected chi connectivity index (χ0v) is 13.1. The fraction of sp³-hybridized carbons (Fsp3) is 0.333. The molecule has 0 heterocycles. The molecule has 4 nitrogen and oxygen atoms in total. The third kappa shape index (κ3) is 4.13. The van der Waals surface area contributed by atoms with E-state index in [-0.39, 0.29) is 18.4 Å². The molecular formula is C12H14ClIN2O2. The van der Waals surface area contributed by atoms with Crippen molar-refractivity contribution in [2.75, 3.05) is 20.1 Å². The third-order valence-electron chi connectivity index (χ3n) is 2.47. The van der Waals surface area contributed by atoms with Gasteiger partial charge in [0.1, 0.15) is 0 Å². The summed E-state index contributed by atoms with van der Waals surface area (Å²) in [7, 11) is 1.69. The maximum absolute atomic E-state index is 11.9. The predicted octanol–water partition coefficient (Wildman–Crippen LogP) is 2.15. The van der Waals surface area contributed by atoms with Crippen LogP contribution >= 0.6 is 34.2 Å².